The number of carbonyl (C=O) groups excluding carboxylic acids is 2. The highest BCUT2D eigenvalue weighted by molar-refractivity contribution is 8.14. The molecule has 0 bridgehead atoms. The molecule has 1 saturated heterocycles. The van der Waals surface area contributed by atoms with E-state index in [-0.39, 0.29) is 17.1 Å². The Morgan fingerprint density at radius 1 is 0.917 bits per heavy atom. The lowest BCUT2D eigenvalue weighted by Crippen LogP contribution is -2.36. The summed E-state index contributed by atoms with van der Waals surface area (Å²) in [6, 6.07) is -0.218. The van der Waals surface area contributed by atoms with Gasteiger partial charge in [0, 0.05) is 12.2 Å². The predicted molar refractivity (Wildman–Crippen MR) is 104 cm³/mol. The number of nitrogens with one attached hydrogen (secondary N) is 1. The van der Waals surface area contributed by atoms with Crippen molar-refractivity contribution < 1.29 is 9.59 Å². The molecule has 4 heteroatoms. The molecule has 1 heterocycles. The van der Waals surface area contributed by atoms with Gasteiger partial charge >= 0.3 is 0 Å². The molecule has 1 amide bonds. The van der Waals surface area contributed by atoms with Crippen LogP contribution in [0.5, 0.6) is 0 Å². The van der Waals surface area contributed by atoms with E-state index in [9.17, 15) is 9.59 Å². The van der Waals surface area contributed by atoms with E-state index in [0.29, 0.717) is 6.42 Å². The summed E-state index contributed by atoms with van der Waals surface area (Å²) < 4.78 is 0. The third-order valence-electron chi connectivity index (χ3n) is 4.78. The molecule has 1 N–H and O–H groups in total. The minimum Gasteiger partial charge on any atom is -0.345 e. The number of rotatable bonds is 15. The summed E-state index contributed by atoms with van der Waals surface area (Å²) in [6.07, 6.45) is 18.5. The maximum absolute atomic E-state index is 11.8. The third-order valence-corrected chi connectivity index (χ3v) is 5.79. The number of hydrogen-bond donors (Lipinski definition) is 1. The lowest BCUT2D eigenvalue weighted by Gasteiger charge is -2.09. The van der Waals surface area contributed by atoms with Gasteiger partial charge < -0.3 is 5.32 Å². The molecule has 0 spiro atoms. The maximum atomic E-state index is 11.8. The minimum atomic E-state index is -0.218. The van der Waals surface area contributed by atoms with Gasteiger partial charge in [-0.05, 0) is 12.8 Å². The molecular formula is C20H37NO2S. The first-order chi connectivity index (χ1) is 11.7. The normalized spacial score (nSPS) is 17.4. The van der Waals surface area contributed by atoms with Crippen LogP contribution in [0.25, 0.3) is 0 Å². The number of amides is 1. The van der Waals surface area contributed by atoms with Gasteiger partial charge in [0.15, 0.2) is 0 Å². The summed E-state index contributed by atoms with van der Waals surface area (Å²) in [6.45, 7) is 2.27. The van der Waals surface area contributed by atoms with Crippen molar-refractivity contribution in [1.29, 1.82) is 0 Å². The van der Waals surface area contributed by atoms with Crippen LogP contribution in [-0.2, 0) is 9.59 Å². The van der Waals surface area contributed by atoms with Gasteiger partial charge in [-0.2, -0.15) is 0 Å². The van der Waals surface area contributed by atoms with Crippen LogP contribution in [0.4, 0.5) is 0 Å². The topological polar surface area (TPSA) is 46.2 Å². The fraction of sp³-hybridized carbons (Fsp3) is 0.900. The van der Waals surface area contributed by atoms with Crippen molar-refractivity contribution >= 4 is 22.8 Å². The van der Waals surface area contributed by atoms with Gasteiger partial charge in [-0.15, -0.1) is 0 Å². The molecule has 24 heavy (non-hydrogen) atoms. The zero-order chi connectivity index (χ0) is 17.5. The van der Waals surface area contributed by atoms with E-state index in [1.165, 1.54) is 82.4 Å². The number of unbranched alkanes of at least 4 members (excludes halogenated alkanes) is 12. The van der Waals surface area contributed by atoms with Gasteiger partial charge in [0.25, 0.3) is 0 Å². The fourth-order valence-electron chi connectivity index (χ4n) is 3.20. The monoisotopic (exact) mass is 355 g/mol. The molecule has 0 unspecified atom stereocenters. The molecule has 1 aliphatic heterocycles. The SMILES string of the molecule is CCCCCCCCCCCCCCCC(=O)N[C@H]1CCSC1=O. The van der Waals surface area contributed by atoms with Gasteiger partial charge in [0.1, 0.15) is 0 Å². The smallest absolute Gasteiger partial charge is 0.220 e. The van der Waals surface area contributed by atoms with Crippen LogP contribution in [0.2, 0.25) is 0 Å². The Balaban J connectivity index is 1.78. The first-order valence-corrected chi connectivity index (χ1v) is 11.2. The number of thioether (sulfide) groups is 1. The standard InChI is InChI=1S/C20H37NO2S/c1-2-3-4-5-6-7-8-9-10-11-12-13-14-15-19(22)21-18-16-17-24-20(18)23/h18H,2-17H2,1H3,(H,21,22)/t18-/m0/s1. The molecule has 0 aromatic heterocycles. The van der Waals surface area contributed by atoms with E-state index < -0.39 is 0 Å². The van der Waals surface area contributed by atoms with E-state index >= 15 is 0 Å². The first-order valence-electron chi connectivity index (χ1n) is 10.2. The van der Waals surface area contributed by atoms with Crippen molar-refractivity contribution in [1.82, 2.24) is 5.32 Å². The molecule has 0 aromatic rings. The lowest BCUT2D eigenvalue weighted by molar-refractivity contribution is -0.124. The average molecular weight is 356 g/mol. The van der Waals surface area contributed by atoms with E-state index in [0.717, 1.165) is 25.0 Å². The Bertz CT molecular complexity index is 347. The van der Waals surface area contributed by atoms with Gasteiger partial charge in [-0.1, -0.05) is 95.7 Å². The van der Waals surface area contributed by atoms with Crippen molar-refractivity contribution in [2.75, 3.05) is 5.75 Å². The van der Waals surface area contributed by atoms with E-state index in [1.54, 1.807) is 0 Å². The molecule has 1 aliphatic rings. The fourth-order valence-corrected chi connectivity index (χ4v) is 4.13. The molecule has 140 valence electrons. The molecule has 1 atom stereocenters. The van der Waals surface area contributed by atoms with Gasteiger partial charge in [0.05, 0.1) is 6.04 Å². The molecule has 3 nitrogen and oxygen atoms in total. The van der Waals surface area contributed by atoms with Crippen molar-refractivity contribution in [3.8, 4) is 0 Å². The van der Waals surface area contributed by atoms with E-state index in [2.05, 4.69) is 12.2 Å². The summed E-state index contributed by atoms with van der Waals surface area (Å²) in [5.41, 5.74) is 0. The number of carbonyl (C=O) groups is 2. The highest BCUT2D eigenvalue weighted by Crippen LogP contribution is 2.19. The molecule has 0 aliphatic carbocycles. The second-order valence-corrected chi connectivity index (χ2v) is 8.17. The summed E-state index contributed by atoms with van der Waals surface area (Å²) in [5.74, 6) is 0.904. The summed E-state index contributed by atoms with van der Waals surface area (Å²) >= 11 is 1.34. The van der Waals surface area contributed by atoms with Crippen LogP contribution in [0.1, 0.15) is 103 Å². The van der Waals surface area contributed by atoms with Crippen molar-refractivity contribution in [3.63, 3.8) is 0 Å². The Kier molecular flexibility index (Phi) is 13.3. The van der Waals surface area contributed by atoms with Crippen LogP contribution < -0.4 is 5.32 Å². The highest BCUT2D eigenvalue weighted by Gasteiger charge is 2.26. The minimum absolute atomic E-state index is 0.0546. The summed E-state index contributed by atoms with van der Waals surface area (Å²) in [4.78, 5) is 23.2. The van der Waals surface area contributed by atoms with E-state index in [1.807, 2.05) is 0 Å². The van der Waals surface area contributed by atoms with Crippen LogP contribution in [-0.4, -0.2) is 22.8 Å². The Morgan fingerprint density at radius 2 is 1.42 bits per heavy atom. The highest BCUT2D eigenvalue weighted by atomic mass is 32.2. The third kappa shape index (κ3) is 11.1. The zero-order valence-corrected chi connectivity index (χ0v) is 16.4. The summed E-state index contributed by atoms with van der Waals surface area (Å²) in [7, 11) is 0. The Morgan fingerprint density at radius 3 is 1.88 bits per heavy atom. The average Bonchev–Trinajstić information content (AvgIpc) is 2.97. The lowest BCUT2D eigenvalue weighted by atomic mass is 10.0. The van der Waals surface area contributed by atoms with Crippen molar-refractivity contribution in [3.05, 3.63) is 0 Å². The van der Waals surface area contributed by atoms with Crippen LogP contribution in [0, 0.1) is 0 Å². The molecule has 1 rings (SSSR count). The summed E-state index contributed by atoms with van der Waals surface area (Å²) in [5, 5.41) is 3.00. The van der Waals surface area contributed by atoms with Crippen LogP contribution in [0.15, 0.2) is 0 Å². The largest absolute Gasteiger partial charge is 0.345 e. The molecule has 0 saturated carbocycles. The first kappa shape index (κ1) is 21.5. The maximum Gasteiger partial charge on any atom is 0.220 e. The van der Waals surface area contributed by atoms with Crippen LogP contribution in [0.3, 0.4) is 0 Å². The second-order valence-electron chi connectivity index (χ2n) is 7.07. The zero-order valence-electron chi connectivity index (χ0n) is 15.6. The second kappa shape index (κ2) is 14.8. The predicted octanol–water partition coefficient (Wildman–Crippen LogP) is 5.62. The molecule has 0 aromatic carbocycles. The van der Waals surface area contributed by atoms with Crippen LogP contribution >= 0.6 is 11.8 Å². The quantitative estimate of drug-likeness (QED) is 0.388. The van der Waals surface area contributed by atoms with Crippen molar-refractivity contribution in [2.45, 2.75) is 109 Å². The van der Waals surface area contributed by atoms with Gasteiger partial charge in [0.2, 0.25) is 11.0 Å². The molecule has 1 fully saturated rings. The number of hydrogen-bond acceptors (Lipinski definition) is 3. The van der Waals surface area contributed by atoms with E-state index in [4.69, 9.17) is 0 Å². The molecular weight excluding hydrogens is 318 g/mol. The Labute approximate surface area is 153 Å². The van der Waals surface area contributed by atoms with Gasteiger partial charge in [-0.3, -0.25) is 9.59 Å². The Hall–Kier alpha value is -0.510. The van der Waals surface area contributed by atoms with Gasteiger partial charge in [-0.25, -0.2) is 0 Å². The molecule has 0 radical (unpaired) electrons. The van der Waals surface area contributed by atoms with Crippen molar-refractivity contribution in [2.24, 2.45) is 0 Å².